The van der Waals surface area contributed by atoms with Crippen LogP contribution < -0.4 is 10.6 Å². The van der Waals surface area contributed by atoms with Crippen LogP contribution in [0.1, 0.15) is 33.1 Å². The fourth-order valence-electron chi connectivity index (χ4n) is 3.22. The number of hydrogen-bond acceptors (Lipinski definition) is 4. The van der Waals surface area contributed by atoms with Crippen LogP contribution >= 0.6 is 0 Å². The molecule has 2 saturated heterocycles. The van der Waals surface area contributed by atoms with Gasteiger partial charge in [0.2, 0.25) is 0 Å². The quantitative estimate of drug-likeness (QED) is 0.566. The molecular weight excluding hydrogens is 300 g/mol. The third-order valence-electron chi connectivity index (χ3n) is 4.34. The molecule has 22 heavy (non-hydrogen) atoms. The predicted octanol–water partition coefficient (Wildman–Crippen LogP) is 0.461. The zero-order valence-corrected chi connectivity index (χ0v) is 14.7. The molecule has 2 unspecified atom stereocenters. The first-order valence-electron chi connectivity index (χ1n) is 8.46. The van der Waals surface area contributed by atoms with Crippen molar-refractivity contribution >= 4 is 15.8 Å². The normalized spacial score (nSPS) is 29.5. The molecule has 0 bridgehead atoms. The van der Waals surface area contributed by atoms with Gasteiger partial charge >= 0.3 is 0 Å². The molecule has 6 nitrogen and oxygen atoms in total. The largest absolute Gasteiger partial charge is 0.357 e. The van der Waals surface area contributed by atoms with Gasteiger partial charge in [0.15, 0.2) is 15.8 Å². The van der Waals surface area contributed by atoms with Crippen LogP contribution in [0.3, 0.4) is 0 Å². The Balaban J connectivity index is 1.79. The predicted molar refractivity (Wildman–Crippen MR) is 91.0 cm³/mol. The lowest BCUT2D eigenvalue weighted by atomic mass is 10.0. The molecule has 2 atom stereocenters. The summed E-state index contributed by atoms with van der Waals surface area (Å²) in [5, 5.41) is 6.47. The minimum atomic E-state index is -2.85. The maximum absolute atomic E-state index is 11.5. The summed E-state index contributed by atoms with van der Waals surface area (Å²) in [5.74, 6) is 2.04. The van der Waals surface area contributed by atoms with Crippen LogP contribution in [0.5, 0.6) is 0 Å². The van der Waals surface area contributed by atoms with E-state index in [1.807, 2.05) is 6.92 Å². The first-order chi connectivity index (χ1) is 10.5. The van der Waals surface area contributed by atoms with Crippen molar-refractivity contribution in [3.63, 3.8) is 0 Å². The molecule has 7 heteroatoms. The third kappa shape index (κ3) is 5.76. The number of rotatable bonds is 5. The summed E-state index contributed by atoms with van der Waals surface area (Å²) in [7, 11) is -2.85. The van der Waals surface area contributed by atoms with E-state index in [2.05, 4.69) is 27.4 Å². The average Bonchev–Trinajstić information content (AvgIpc) is 2.78. The van der Waals surface area contributed by atoms with Gasteiger partial charge in [-0.25, -0.2) is 8.42 Å². The molecule has 2 aliphatic heterocycles. The molecular formula is C15H30N4O2S. The Morgan fingerprint density at radius 3 is 2.82 bits per heavy atom. The van der Waals surface area contributed by atoms with Crippen molar-refractivity contribution in [1.82, 2.24) is 15.5 Å². The minimum Gasteiger partial charge on any atom is -0.357 e. The maximum Gasteiger partial charge on any atom is 0.191 e. The van der Waals surface area contributed by atoms with Gasteiger partial charge < -0.3 is 15.5 Å². The second-order valence-electron chi connectivity index (χ2n) is 6.55. The zero-order chi connectivity index (χ0) is 16.0. The Morgan fingerprint density at radius 1 is 1.36 bits per heavy atom. The van der Waals surface area contributed by atoms with E-state index in [0.29, 0.717) is 6.42 Å². The molecule has 0 amide bonds. The van der Waals surface area contributed by atoms with E-state index in [9.17, 15) is 8.42 Å². The van der Waals surface area contributed by atoms with Crippen molar-refractivity contribution in [2.45, 2.75) is 39.2 Å². The standard InChI is InChI=1S/C15H30N4O2S/c1-3-16-15(18-14-6-10-22(20,21)12-14)17-7-9-19-8-4-5-13(2)11-19/h13-14H,3-12H2,1-2H3,(H2,16,17,18). The van der Waals surface area contributed by atoms with Gasteiger partial charge in [-0.05, 0) is 38.6 Å². The molecule has 0 spiro atoms. The van der Waals surface area contributed by atoms with Gasteiger partial charge in [0.05, 0.1) is 18.1 Å². The minimum absolute atomic E-state index is 0.00203. The monoisotopic (exact) mass is 330 g/mol. The van der Waals surface area contributed by atoms with Gasteiger partial charge in [-0.15, -0.1) is 0 Å². The van der Waals surface area contributed by atoms with Crippen LogP contribution in [0.2, 0.25) is 0 Å². The maximum atomic E-state index is 11.5. The molecule has 2 rings (SSSR count). The zero-order valence-electron chi connectivity index (χ0n) is 13.8. The van der Waals surface area contributed by atoms with E-state index in [0.717, 1.165) is 31.5 Å². The lowest BCUT2D eigenvalue weighted by molar-refractivity contribution is 0.189. The highest BCUT2D eigenvalue weighted by molar-refractivity contribution is 7.91. The third-order valence-corrected chi connectivity index (χ3v) is 6.11. The number of nitrogens with one attached hydrogen (secondary N) is 2. The second-order valence-corrected chi connectivity index (χ2v) is 8.78. The van der Waals surface area contributed by atoms with Crippen LogP contribution in [-0.4, -0.2) is 69.5 Å². The highest BCUT2D eigenvalue weighted by Crippen LogP contribution is 2.14. The second kappa shape index (κ2) is 8.15. The molecule has 0 aromatic carbocycles. The molecule has 128 valence electrons. The van der Waals surface area contributed by atoms with Gasteiger partial charge in [0, 0.05) is 25.7 Å². The highest BCUT2D eigenvalue weighted by atomic mass is 32.2. The van der Waals surface area contributed by atoms with Crippen LogP contribution in [0.15, 0.2) is 4.99 Å². The fourth-order valence-corrected chi connectivity index (χ4v) is 4.89. The van der Waals surface area contributed by atoms with Crippen molar-refractivity contribution in [2.75, 3.05) is 44.2 Å². The van der Waals surface area contributed by atoms with E-state index in [1.54, 1.807) is 0 Å². The molecule has 0 radical (unpaired) electrons. The smallest absolute Gasteiger partial charge is 0.191 e. The number of nitrogens with zero attached hydrogens (tertiary/aromatic N) is 2. The summed E-state index contributed by atoms with van der Waals surface area (Å²) in [6.45, 7) is 9.18. The van der Waals surface area contributed by atoms with E-state index in [-0.39, 0.29) is 17.5 Å². The Hall–Kier alpha value is -0.820. The molecule has 2 heterocycles. The van der Waals surface area contributed by atoms with E-state index in [4.69, 9.17) is 0 Å². The van der Waals surface area contributed by atoms with Gasteiger partial charge in [-0.1, -0.05) is 6.92 Å². The topological polar surface area (TPSA) is 73.8 Å². The molecule has 0 aromatic rings. The Morgan fingerprint density at radius 2 is 2.18 bits per heavy atom. The van der Waals surface area contributed by atoms with Gasteiger partial charge in [0.1, 0.15) is 0 Å². The first-order valence-corrected chi connectivity index (χ1v) is 10.3. The van der Waals surface area contributed by atoms with Crippen LogP contribution in [0.25, 0.3) is 0 Å². The number of sulfone groups is 1. The summed E-state index contributed by atoms with van der Waals surface area (Å²) in [6.07, 6.45) is 3.29. The number of guanidine groups is 1. The first kappa shape index (κ1) is 17.5. The molecule has 2 N–H and O–H groups in total. The van der Waals surface area contributed by atoms with Crippen molar-refractivity contribution in [3.05, 3.63) is 0 Å². The number of likely N-dealkylation sites (tertiary alicyclic amines) is 1. The van der Waals surface area contributed by atoms with Crippen molar-refractivity contribution in [1.29, 1.82) is 0 Å². The summed E-state index contributed by atoms with van der Waals surface area (Å²) < 4.78 is 23.0. The summed E-state index contributed by atoms with van der Waals surface area (Å²) in [5.41, 5.74) is 0. The summed E-state index contributed by atoms with van der Waals surface area (Å²) >= 11 is 0. The van der Waals surface area contributed by atoms with Crippen LogP contribution in [0.4, 0.5) is 0 Å². The van der Waals surface area contributed by atoms with Crippen molar-refractivity contribution in [2.24, 2.45) is 10.9 Å². The van der Waals surface area contributed by atoms with Gasteiger partial charge in [-0.2, -0.15) is 0 Å². The fraction of sp³-hybridized carbons (Fsp3) is 0.933. The summed E-state index contributed by atoms with van der Waals surface area (Å²) in [6, 6.07) is -0.00203. The lowest BCUT2D eigenvalue weighted by Gasteiger charge is -2.30. The Bertz CT molecular complexity index is 478. The van der Waals surface area contributed by atoms with Crippen molar-refractivity contribution < 1.29 is 8.42 Å². The molecule has 2 aliphatic rings. The van der Waals surface area contributed by atoms with E-state index in [1.165, 1.54) is 25.9 Å². The van der Waals surface area contributed by atoms with Crippen LogP contribution in [0, 0.1) is 5.92 Å². The highest BCUT2D eigenvalue weighted by Gasteiger charge is 2.28. The SMILES string of the molecule is CCNC(=NCCN1CCCC(C)C1)NC1CCS(=O)(=O)C1. The Kier molecular flexibility index (Phi) is 6.50. The van der Waals surface area contributed by atoms with Crippen molar-refractivity contribution in [3.8, 4) is 0 Å². The lowest BCUT2D eigenvalue weighted by Crippen LogP contribution is -2.44. The Labute approximate surface area is 134 Å². The van der Waals surface area contributed by atoms with E-state index < -0.39 is 9.84 Å². The molecule has 2 fully saturated rings. The summed E-state index contributed by atoms with van der Waals surface area (Å²) in [4.78, 5) is 7.08. The number of hydrogen-bond donors (Lipinski definition) is 2. The molecule has 0 aromatic heterocycles. The van der Waals surface area contributed by atoms with Crippen LogP contribution in [-0.2, 0) is 9.84 Å². The van der Waals surface area contributed by atoms with E-state index >= 15 is 0 Å². The van der Waals surface area contributed by atoms with Gasteiger partial charge in [-0.3, -0.25) is 4.99 Å². The molecule has 0 saturated carbocycles. The number of aliphatic imine (C=N–C) groups is 1. The van der Waals surface area contributed by atoms with Gasteiger partial charge in [0.25, 0.3) is 0 Å². The molecule has 0 aliphatic carbocycles. The average molecular weight is 330 g/mol. The number of piperidine rings is 1.